The molecule has 0 radical (unpaired) electrons. The lowest BCUT2D eigenvalue weighted by molar-refractivity contribution is 0.0939. The van der Waals surface area contributed by atoms with Gasteiger partial charge >= 0.3 is 0 Å². The molecule has 1 aromatic heterocycles. The Hall–Kier alpha value is -2.14. The van der Waals surface area contributed by atoms with Gasteiger partial charge in [-0.2, -0.15) is 0 Å². The van der Waals surface area contributed by atoms with Crippen LogP contribution in [0.1, 0.15) is 48.8 Å². The molecule has 2 aromatic rings. The molecule has 134 valence electrons. The molecule has 1 aromatic carbocycles. The first-order valence-electron chi connectivity index (χ1n) is 9.24. The molecule has 1 aliphatic heterocycles. The fourth-order valence-corrected chi connectivity index (χ4v) is 3.38. The molecule has 0 saturated heterocycles. The van der Waals surface area contributed by atoms with Crippen LogP contribution in [0.4, 0.5) is 0 Å². The molecular weight excluding hydrogens is 314 g/mol. The Labute approximate surface area is 149 Å². The van der Waals surface area contributed by atoms with Gasteiger partial charge in [-0.3, -0.25) is 4.79 Å². The van der Waals surface area contributed by atoms with Crippen molar-refractivity contribution in [3.63, 3.8) is 0 Å². The molecule has 1 aliphatic rings. The highest BCUT2D eigenvalue weighted by Crippen LogP contribution is 2.27. The summed E-state index contributed by atoms with van der Waals surface area (Å²) >= 11 is 0. The zero-order chi connectivity index (χ0) is 17.6. The van der Waals surface area contributed by atoms with Gasteiger partial charge in [-0.05, 0) is 31.6 Å². The van der Waals surface area contributed by atoms with Gasteiger partial charge in [-0.25, -0.2) is 4.98 Å². The second-order valence-electron chi connectivity index (χ2n) is 6.89. The number of nitrogens with one attached hydrogen (secondary N) is 1. The van der Waals surface area contributed by atoms with Crippen LogP contribution in [0.25, 0.3) is 11.4 Å². The molecule has 5 nitrogen and oxygen atoms in total. The van der Waals surface area contributed by atoms with Crippen molar-refractivity contribution >= 4 is 5.91 Å². The third kappa shape index (κ3) is 4.10. The maximum Gasteiger partial charge on any atom is 0.271 e. The van der Waals surface area contributed by atoms with E-state index < -0.39 is 0 Å². The van der Waals surface area contributed by atoms with Gasteiger partial charge in [0.1, 0.15) is 11.5 Å². The minimum absolute atomic E-state index is 0.0994. The highest BCUT2D eigenvalue weighted by Gasteiger charge is 2.24. The van der Waals surface area contributed by atoms with Crippen molar-refractivity contribution < 1.29 is 9.90 Å². The van der Waals surface area contributed by atoms with Crippen LogP contribution in [0.15, 0.2) is 30.3 Å². The zero-order valence-electron chi connectivity index (χ0n) is 14.9. The number of benzene rings is 1. The van der Waals surface area contributed by atoms with E-state index in [2.05, 4.69) is 9.88 Å². The quantitative estimate of drug-likeness (QED) is 0.849. The number of aliphatic hydroxyl groups excluding tert-OH is 1. The van der Waals surface area contributed by atoms with E-state index in [9.17, 15) is 4.79 Å². The van der Waals surface area contributed by atoms with Crippen LogP contribution in [0.2, 0.25) is 0 Å². The van der Waals surface area contributed by atoms with Crippen LogP contribution >= 0.6 is 0 Å². The van der Waals surface area contributed by atoms with Crippen molar-refractivity contribution in [3.8, 4) is 11.4 Å². The fourth-order valence-electron chi connectivity index (χ4n) is 3.38. The highest BCUT2D eigenvalue weighted by molar-refractivity contribution is 5.94. The predicted molar refractivity (Wildman–Crippen MR) is 98.4 cm³/mol. The second kappa shape index (κ2) is 8.30. The average Bonchev–Trinajstić information content (AvgIpc) is 2.82. The first-order chi connectivity index (χ1) is 12.2. The lowest BCUT2D eigenvalue weighted by Gasteiger charge is -2.11. The van der Waals surface area contributed by atoms with Gasteiger partial charge in [0.25, 0.3) is 5.91 Å². The van der Waals surface area contributed by atoms with Gasteiger partial charge in [0.2, 0.25) is 0 Å². The van der Waals surface area contributed by atoms with Crippen LogP contribution in [0, 0.1) is 5.92 Å². The molecule has 1 unspecified atom stereocenters. The van der Waals surface area contributed by atoms with E-state index in [0.29, 0.717) is 18.7 Å². The lowest BCUT2D eigenvalue weighted by Crippen LogP contribution is -2.29. The van der Waals surface area contributed by atoms with E-state index in [1.165, 1.54) is 6.42 Å². The molecule has 5 heteroatoms. The summed E-state index contributed by atoms with van der Waals surface area (Å²) in [6.07, 6.45) is 5.00. The van der Waals surface area contributed by atoms with Crippen molar-refractivity contribution in [3.05, 3.63) is 41.7 Å². The summed E-state index contributed by atoms with van der Waals surface area (Å²) in [4.78, 5) is 17.5. The van der Waals surface area contributed by atoms with E-state index in [1.807, 2.05) is 37.3 Å². The molecule has 0 spiro atoms. The second-order valence-corrected chi connectivity index (χ2v) is 6.89. The van der Waals surface area contributed by atoms with Gasteiger partial charge in [0.15, 0.2) is 0 Å². The van der Waals surface area contributed by atoms with Gasteiger partial charge < -0.3 is 15.0 Å². The number of carbonyl (C=O) groups excluding carboxylic acids is 1. The maximum atomic E-state index is 12.7. The standard InChI is InChI=1S/C20H27N3O2/c1-15(11-13-24)14-21-20(25)18-17-10-6-3-7-12-23(17)19(22-18)16-8-4-2-5-9-16/h2,4-5,8-9,15,24H,3,6-7,10-14H2,1H3,(H,21,25). The summed E-state index contributed by atoms with van der Waals surface area (Å²) in [5.74, 6) is 1.05. The molecule has 0 saturated carbocycles. The molecular formula is C20H27N3O2. The van der Waals surface area contributed by atoms with Crippen LogP contribution in [0.3, 0.4) is 0 Å². The number of carbonyl (C=O) groups is 1. The molecule has 3 rings (SSSR count). The average molecular weight is 341 g/mol. The molecule has 1 atom stereocenters. The Kier molecular flexibility index (Phi) is 5.87. The number of amides is 1. The van der Waals surface area contributed by atoms with E-state index in [-0.39, 0.29) is 18.4 Å². The Balaban J connectivity index is 1.88. The van der Waals surface area contributed by atoms with Crippen LogP contribution < -0.4 is 5.32 Å². The third-order valence-corrected chi connectivity index (χ3v) is 4.85. The fraction of sp³-hybridized carbons (Fsp3) is 0.500. The highest BCUT2D eigenvalue weighted by atomic mass is 16.3. The number of aromatic nitrogens is 2. The van der Waals surface area contributed by atoms with E-state index in [0.717, 1.165) is 42.9 Å². The van der Waals surface area contributed by atoms with E-state index in [1.54, 1.807) is 0 Å². The zero-order valence-corrected chi connectivity index (χ0v) is 14.9. The third-order valence-electron chi connectivity index (χ3n) is 4.85. The summed E-state index contributed by atoms with van der Waals surface area (Å²) in [5.41, 5.74) is 2.68. The molecule has 0 fully saturated rings. The Morgan fingerprint density at radius 2 is 2.08 bits per heavy atom. The summed E-state index contributed by atoms with van der Waals surface area (Å²) in [6.45, 7) is 3.65. The van der Waals surface area contributed by atoms with Gasteiger partial charge in [0.05, 0.1) is 5.69 Å². The van der Waals surface area contributed by atoms with Gasteiger partial charge in [-0.1, -0.05) is 43.7 Å². The number of fused-ring (bicyclic) bond motifs is 1. The predicted octanol–water partition coefficient (Wildman–Crippen LogP) is 3.02. The number of rotatable bonds is 6. The largest absolute Gasteiger partial charge is 0.396 e. The topological polar surface area (TPSA) is 67.2 Å². The number of hydrogen-bond donors (Lipinski definition) is 2. The maximum absolute atomic E-state index is 12.7. The molecule has 0 bridgehead atoms. The Morgan fingerprint density at radius 1 is 1.28 bits per heavy atom. The van der Waals surface area contributed by atoms with Crippen LogP contribution in [-0.2, 0) is 13.0 Å². The normalized spacial score (nSPS) is 15.3. The first kappa shape index (κ1) is 17.7. The summed E-state index contributed by atoms with van der Waals surface area (Å²) in [6, 6.07) is 10.1. The number of imidazole rings is 1. The minimum Gasteiger partial charge on any atom is -0.396 e. The SMILES string of the molecule is CC(CCO)CNC(=O)c1nc(-c2ccccc2)n2c1CCCCC2. The van der Waals surface area contributed by atoms with Gasteiger partial charge in [-0.15, -0.1) is 0 Å². The first-order valence-corrected chi connectivity index (χ1v) is 9.24. The molecule has 25 heavy (non-hydrogen) atoms. The molecule has 0 aliphatic carbocycles. The van der Waals surface area contributed by atoms with Crippen LogP contribution in [0.5, 0.6) is 0 Å². The van der Waals surface area contributed by atoms with E-state index >= 15 is 0 Å². The molecule has 2 N–H and O–H groups in total. The summed E-state index contributed by atoms with van der Waals surface area (Å²) in [5, 5.41) is 12.0. The van der Waals surface area contributed by atoms with Crippen molar-refractivity contribution in [1.82, 2.24) is 14.9 Å². The van der Waals surface area contributed by atoms with E-state index in [4.69, 9.17) is 10.1 Å². The molecule has 1 amide bonds. The minimum atomic E-state index is -0.0994. The Bertz CT molecular complexity index is 709. The number of aliphatic hydroxyl groups is 1. The van der Waals surface area contributed by atoms with Crippen molar-refractivity contribution in [2.75, 3.05) is 13.2 Å². The number of nitrogens with zero attached hydrogens (tertiary/aromatic N) is 2. The monoisotopic (exact) mass is 341 g/mol. The van der Waals surface area contributed by atoms with Gasteiger partial charge in [0, 0.05) is 25.3 Å². The smallest absolute Gasteiger partial charge is 0.271 e. The lowest BCUT2D eigenvalue weighted by atomic mass is 10.1. The van der Waals surface area contributed by atoms with Crippen molar-refractivity contribution in [2.24, 2.45) is 5.92 Å². The summed E-state index contributed by atoms with van der Waals surface area (Å²) < 4.78 is 2.23. The number of hydrogen-bond acceptors (Lipinski definition) is 3. The summed E-state index contributed by atoms with van der Waals surface area (Å²) in [7, 11) is 0. The van der Waals surface area contributed by atoms with Crippen molar-refractivity contribution in [1.29, 1.82) is 0 Å². The Morgan fingerprint density at radius 3 is 2.84 bits per heavy atom. The van der Waals surface area contributed by atoms with Crippen LogP contribution in [-0.4, -0.2) is 33.7 Å². The van der Waals surface area contributed by atoms with Crippen molar-refractivity contribution in [2.45, 2.75) is 45.6 Å². The molecule has 2 heterocycles.